The van der Waals surface area contributed by atoms with Crippen LogP contribution < -0.4 is 10.8 Å². The van der Waals surface area contributed by atoms with Gasteiger partial charge in [-0.05, 0) is 35.9 Å². The van der Waals surface area contributed by atoms with Crippen molar-refractivity contribution < 1.29 is 10.0 Å². The summed E-state index contributed by atoms with van der Waals surface area (Å²) in [7, 11) is 1.43. The third-order valence-electron chi connectivity index (χ3n) is 3.16. The van der Waals surface area contributed by atoms with Crippen LogP contribution in [0.25, 0.3) is 10.6 Å². The van der Waals surface area contributed by atoms with E-state index in [-0.39, 0.29) is 0 Å². The number of aromatic nitrogens is 2. The summed E-state index contributed by atoms with van der Waals surface area (Å²) in [6.07, 6.45) is 4.49. The number of hydrogen-bond acceptors (Lipinski definition) is 7. The predicted octanol–water partition coefficient (Wildman–Crippen LogP) is 2.90. The second-order valence-corrected chi connectivity index (χ2v) is 6.14. The first-order chi connectivity index (χ1) is 12.3. The molecule has 6 nitrogen and oxygen atoms in total. The zero-order valence-corrected chi connectivity index (χ0v) is 14.7. The molecule has 3 rings (SSSR count). The summed E-state index contributed by atoms with van der Waals surface area (Å²) in [5.41, 5.74) is 4.77. The average Bonchev–Trinajstić information content (AvgIpc) is 3.13. The zero-order valence-electron chi connectivity index (χ0n) is 13.8. The maximum Gasteiger partial charge on any atom is 0.160 e. The molecular weight excluding hydrogens is 336 g/mol. The summed E-state index contributed by atoms with van der Waals surface area (Å²) in [6, 6.07) is 13.7. The Morgan fingerprint density at radius 2 is 2.00 bits per heavy atom. The van der Waals surface area contributed by atoms with Gasteiger partial charge in [0.25, 0.3) is 0 Å². The van der Waals surface area contributed by atoms with Gasteiger partial charge in [0.15, 0.2) is 6.29 Å². The minimum Gasteiger partial charge on any atom is -0.317 e. The van der Waals surface area contributed by atoms with Gasteiger partial charge in [-0.1, -0.05) is 12.1 Å². The van der Waals surface area contributed by atoms with Crippen molar-refractivity contribution >= 4 is 17.6 Å². The van der Waals surface area contributed by atoms with E-state index >= 15 is 0 Å². The van der Waals surface area contributed by atoms with Crippen molar-refractivity contribution in [1.29, 1.82) is 0 Å². The van der Waals surface area contributed by atoms with Crippen LogP contribution in [-0.4, -0.2) is 28.5 Å². The number of aldehydes is 1. The van der Waals surface area contributed by atoms with Gasteiger partial charge >= 0.3 is 0 Å². The van der Waals surface area contributed by atoms with E-state index in [0.717, 1.165) is 39.5 Å². The fourth-order valence-corrected chi connectivity index (χ4v) is 2.90. The van der Waals surface area contributed by atoms with E-state index in [1.807, 2.05) is 48.7 Å². The van der Waals surface area contributed by atoms with Gasteiger partial charge in [0.2, 0.25) is 0 Å². The van der Waals surface area contributed by atoms with E-state index in [0.29, 0.717) is 6.54 Å². The van der Waals surface area contributed by atoms with Gasteiger partial charge in [0.05, 0.1) is 21.1 Å². The van der Waals surface area contributed by atoms with Crippen molar-refractivity contribution in [3.8, 4) is 10.6 Å². The van der Waals surface area contributed by atoms with Crippen LogP contribution in [0.3, 0.4) is 0 Å². The van der Waals surface area contributed by atoms with Gasteiger partial charge in [-0.25, -0.2) is 5.48 Å². The number of carbonyl (C=O) groups is 1. The van der Waals surface area contributed by atoms with Gasteiger partial charge in [-0.3, -0.25) is 14.8 Å². The Labute approximate surface area is 150 Å². The Hall–Kier alpha value is -2.45. The first-order valence-electron chi connectivity index (χ1n) is 7.68. The lowest BCUT2D eigenvalue weighted by Crippen LogP contribution is -2.13. The molecule has 0 atom stereocenters. The predicted molar refractivity (Wildman–Crippen MR) is 98.6 cm³/mol. The lowest BCUT2D eigenvalue weighted by molar-refractivity contribution is 0.112. The van der Waals surface area contributed by atoms with E-state index in [1.165, 1.54) is 18.4 Å². The smallest absolute Gasteiger partial charge is 0.160 e. The number of hydrogen-bond donors (Lipinski definition) is 3. The molecule has 0 bridgehead atoms. The maximum absolute atomic E-state index is 10.8. The van der Waals surface area contributed by atoms with Gasteiger partial charge in [-0.2, -0.15) is 0 Å². The quantitative estimate of drug-likeness (QED) is 0.465. The van der Waals surface area contributed by atoms with Crippen LogP contribution in [0.2, 0.25) is 0 Å². The molecule has 25 heavy (non-hydrogen) atoms. The molecule has 3 N–H and O–H groups in total. The first-order valence-corrected chi connectivity index (χ1v) is 8.50. The minimum absolute atomic E-state index is 0.689. The molecule has 3 heterocycles. The van der Waals surface area contributed by atoms with E-state index in [9.17, 15) is 4.79 Å². The van der Waals surface area contributed by atoms with Gasteiger partial charge in [0, 0.05) is 32.5 Å². The molecule has 0 unspecified atom stereocenters. The highest BCUT2D eigenvalue weighted by Gasteiger charge is 2.05. The number of pyridine rings is 2. The molecule has 3 aromatic rings. The fourth-order valence-electron chi connectivity index (χ4n) is 2.11. The summed E-state index contributed by atoms with van der Waals surface area (Å²) in [5.74, 6) is 0. The zero-order chi connectivity index (χ0) is 17.9. The van der Waals surface area contributed by atoms with Gasteiger partial charge in [-0.15, -0.1) is 11.3 Å². The molecule has 0 aliphatic heterocycles. The summed E-state index contributed by atoms with van der Waals surface area (Å²) < 4.78 is 0. The van der Waals surface area contributed by atoms with Crippen molar-refractivity contribution in [2.75, 3.05) is 7.05 Å². The summed E-state index contributed by atoms with van der Waals surface area (Å²) in [5, 5.41) is 10.7. The van der Waals surface area contributed by atoms with Crippen LogP contribution in [0.4, 0.5) is 0 Å². The lowest BCUT2D eigenvalue weighted by atomic mass is 10.2. The van der Waals surface area contributed by atoms with Crippen LogP contribution in [0.5, 0.6) is 0 Å². The standard InChI is InChI=1S/C17H15N3OS.CH5NO/c21-12-15-6-7-17(22-15)16-5-1-4-14(20-16)11-19-10-13-3-2-8-18-9-13;1-2-3/h1-9,12,19H,10-11H2;2-3H,1H3. The van der Waals surface area contributed by atoms with Crippen LogP contribution >= 0.6 is 11.3 Å². The van der Waals surface area contributed by atoms with Crippen LogP contribution in [0, 0.1) is 0 Å². The number of thiophene rings is 1. The van der Waals surface area contributed by atoms with Crippen LogP contribution in [-0.2, 0) is 13.1 Å². The molecule has 3 aromatic heterocycles. The maximum atomic E-state index is 10.8. The summed E-state index contributed by atoms with van der Waals surface area (Å²) >= 11 is 1.46. The molecule has 130 valence electrons. The molecule has 0 radical (unpaired) electrons. The molecule has 0 saturated carbocycles. The Balaban J connectivity index is 0.000000701. The fraction of sp³-hybridized carbons (Fsp3) is 0.167. The number of nitrogens with one attached hydrogen (secondary N) is 2. The van der Waals surface area contributed by atoms with Crippen molar-refractivity contribution in [2.24, 2.45) is 0 Å². The van der Waals surface area contributed by atoms with E-state index < -0.39 is 0 Å². The number of hydroxylamine groups is 1. The van der Waals surface area contributed by atoms with Crippen molar-refractivity contribution in [3.63, 3.8) is 0 Å². The normalized spacial score (nSPS) is 10.0. The highest BCUT2D eigenvalue weighted by molar-refractivity contribution is 7.17. The Kier molecular flexibility index (Phi) is 7.87. The van der Waals surface area contributed by atoms with E-state index in [4.69, 9.17) is 5.21 Å². The topological polar surface area (TPSA) is 87.1 Å². The van der Waals surface area contributed by atoms with Crippen LogP contribution in [0.15, 0.2) is 54.9 Å². The third-order valence-corrected chi connectivity index (χ3v) is 4.19. The molecule has 0 aliphatic carbocycles. The van der Waals surface area contributed by atoms with E-state index in [1.54, 1.807) is 11.7 Å². The summed E-state index contributed by atoms with van der Waals surface area (Å²) in [6.45, 7) is 1.45. The lowest BCUT2D eigenvalue weighted by Gasteiger charge is -2.05. The molecule has 0 aromatic carbocycles. The largest absolute Gasteiger partial charge is 0.317 e. The van der Waals surface area contributed by atoms with Crippen molar-refractivity contribution in [3.05, 3.63) is 71.0 Å². The third kappa shape index (κ3) is 6.17. The van der Waals surface area contributed by atoms with Gasteiger partial charge < -0.3 is 10.5 Å². The van der Waals surface area contributed by atoms with Gasteiger partial charge in [0.1, 0.15) is 0 Å². The highest BCUT2D eigenvalue weighted by atomic mass is 32.1. The molecule has 0 spiro atoms. The second kappa shape index (κ2) is 10.4. The van der Waals surface area contributed by atoms with E-state index in [2.05, 4.69) is 15.3 Å². The Morgan fingerprint density at radius 1 is 1.16 bits per heavy atom. The monoisotopic (exact) mass is 356 g/mol. The van der Waals surface area contributed by atoms with Crippen molar-refractivity contribution in [1.82, 2.24) is 20.8 Å². The number of carbonyl (C=O) groups excluding carboxylic acids is 1. The first kappa shape index (κ1) is 18.9. The molecular formula is C18H20N4O2S. The molecule has 0 amide bonds. The van der Waals surface area contributed by atoms with Crippen LogP contribution in [0.1, 0.15) is 20.9 Å². The highest BCUT2D eigenvalue weighted by Crippen LogP contribution is 2.25. The van der Waals surface area contributed by atoms with Crippen molar-refractivity contribution in [2.45, 2.75) is 13.1 Å². The SMILES string of the molecule is CNO.O=Cc1ccc(-c2cccc(CNCc3cccnc3)n2)s1. The molecule has 0 saturated heterocycles. The number of rotatable bonds is 6. The molecule has 7 heteroatoms. The average molecular weight is 356 g/mol. The Morgan fingerprint density at radius 3 is 2.68 bits per heavy atom. The minimum atomic E-state index is 0.689. The Bertz CT molecular complexity index is 778. The number of nitrogens with zero attached hydrogens (tertiary/aromatic N) is 2. The second-order valence-electron chi connectivity index (χ2n) is 5.02. The summed E-state index contributed by atoms with van der Waals surface area (Å²) in [4.78, 5) is 21.2. The molecule has 0 aliphatic rings. The molecule has 0 fully saturated rings.